The summed E-state index contributed by atoms with van der Waals surface area (Å²) >= 11 is 3.23. The number of aryl methyl sites for hydroxylation is 1. The minimum atomic E-state index is -0.0993. The van der Waals surface area contributed by atoms with Gasteiger partial charge in [-0.1, -0.05) is 12.1 Å². The van der Waals surface area contributed by atoms with Gasteiger partial charge in [-0.05, 0) is 37.8 Å². The molecule has 19 heavy (non-hydrogen) atoms. The van der Waals surface area contributed by atoms with E-state index < -0.39 is 0 Å². The maximum absolute atomic E-state index is 12.1. The van der Waals surface area contributed by atoms with E-state index in [1.54, 1.807) is 22.7 Å². The Balaban J connectivity index is 2.03. The summed E-state index contributed by atoms with van der Waals surface area (Å²) in [6, 6.07) is 4.00. The zero-order valence-corrected chi connectivity index (χ0v) is 12.7. The van der Waals surface area contributed by atoms with Gasteiger partial charge >= 0.3 is 0 Å². The third kappa shape index (κ3) is 3.05. The number of carbonyl (C=O) groups excluding carboxylic acids is 1. The van der Waals surface area contributed by atoms with Crippen molar-refractivity contribution in [2.75, 3.05) is 0 Å². The first kappa shape index (κ1) is 13.8. The van der Waals surface area contributed by atoms with E-state index in [0.29, 0.717) is 0 Å². The molecule has 2 aromatic rings. The predicted octanol–water partition coefficient (Wildman–Crippen LogP) is 3.72. The Hall–Kier alpha value is -1.59. The number of carbonyl (C=O) groups is 1. The highest BCUT2D eigenvalue weighted by atomic mass is 32.1. The zero-order valence-electron chi connectivity index (χ0n) is 11.1. The number of hydrogen-bond donors (Lipinski definition) is 2. The molecule has 2 N–H and O–H groups in total. The summed E-state index contributed by atoms with van der Waals surface area (Å²) in [5.74, 6) is -0.0993. The van der Waals surface area contributed by atoms with Crippen molar-refractivity contribution in [2.45, 2.75) is 20.8 Å². The standard InChI is InChI=1S/C14H16N2OS2/c1-4-12(13-6-5-7-18-13)15-16-14(17)11-8-19-10(3)9(11)2/h4-8,15H,1-3H3,(H,16,17). The normalized spacial score (nSPS) is 11.4. The average Bonchev–Trinajstić information content (AvgIpc) is 3.02. The Bertz CT molecular complexity index is 597. The van der Waals surface area contributed by atoms with E-state index >= 15 is 0 Å². The van der Waals surface area contributed by atoms with Crippen LogP contribution in [0.3, 0.4) is 0 Å². The van der Waals surface area contributed by atoms with Crippen molar-refractivity contribution in [2.24, 2.45) is 0 Å². The summed E-state index contributed by atoms with van der Waals surface area (Å²) in [6.45, 7) is 5.93. The van der Waals surface area contributed by atoms with E-state index in [0.717, 1.165) is 21.7 Å². The number of hydrazine groups is 1. The predicted molar refractivity (Wildman–Crippen MR) is 82.4 cm³/mol. The highest BCUT2D eigenvalue weighted by molar-refractivity contribution is 7.11. The molecular weight excluding hydrogens is 276 g/mol. The molecule has 0 bridgehead atoms. The Labute approximate surface area is 121 Å². The van der Waals surface area contributed by atoms with Crippen molar-refractivity contribution < 1.29 is 4.79 Å². The van der Waals surface area contributed by atoms with E-state index in [1.807, 2.05) is 49.7 Å². The van der Waals surface area contributed by atoms with Crippen LogP contribution < -0.4 is 10.9 Å². The number of nitrogens with one attached hydrogen (secondary N) is 2. The molecule has 2 heterocycles. The van der Waals surface area contributed by atoms with Gasteiger partial charge in [0, 0.05) is 10.3 Å². The number of rotatable bonds is 4. The van der Waals surface area contributed by atoms with Crippen LogP contribution in [-0.4, -0.2) is 5.91 Å². The van der Waals surface area contributed by atoms with Crippen LogP contribution >= 0.6 is 22.7 Å². The van der Waals surface area contributed by atoms with Crippen LogP contribution in [0.25, 0.3) is 5.70 Å². The Morgan fingerprint density at radius 3 is 2.58 bits per heavy atom. The van der Waals surface area contributed by atoms with Gasteiger partial charge in [-0.3, -0.25) is 15.6 Å². The van der Waals surface area contributed by atoms with Gasteiger partial charge in [0.05, 0.1) is 16.1 Å². The number of allylic oxidation sites excluding steroid dienone is 1. The highest BCUT2D eigenvalue weighted by Gasteiger charge is 2.12. The first-order chi connectivity index (χ1) is 9.13. The number of amides is 1. The fourth-order valence-electron chi connectivity index (χ4n) is 1.64. The molecule has 3 nitrogen and oxygen atoms in total. The van der Waals surface area contributed by atoms with Gasteiger partial charge in [-0.2, -0.15) is 0 Å². The third-order valence-corrected chi connectivity index (χ3v) is 4.83. The van der Waals surface area contributed by atoms with Crippen LogP contribution in [-0.2, 0) is 0 Å². The molecule has 0 aliphatic carbocycles. The minimum absolute atomic E-state index is 0.0993. The molecule has 0 radical (unpaired) electrons. The second kappa shape index (κ2) is 6.04. The van der Waals surface area contributed by atoms with E-state index in [2.05, 4.69) is 10.9 Å². The maximum Gasteiger partial charge on any atom is 0.270 e. The topological polar surface area (TPSA) is 41.1 Å². The van der Waals surface area contributed by atoms with Crippen molar-refractivity contribution >= 4 is 34.3 Å². The van der Waals surface area contributed by atoms with Gasteiger partial charge < -0.3 is 0 Å². The van der Waals surface area contributed by atoms with Gasteiger partial charge in [-0.15, -0.1) is 22.7 Å². The molecule has 1 amide bonds. The van der Waals surface area contributed by atoms with Crippen molar-refractivity contribution in [3.63, 3.8) is 0 Å². The van der Waals surface area contributed by atoms with Gasteiger partial charge in [-0.25, -0.2) is 0 Å². The van der Waals surface area contributed by atoms with Crippen molar-refractivity contribution in [3.05, 3.63) is 49.9 Å². The van der Waals surface area contributed by atoms with E-state index in [4.69, 9.17) is 0 Å². The summed E-state index contributed by atoms with van der Waals surface area (Å²) in [6.07, 6.45) is 1.94. The Morgan fingerprint density at radius 2 is 2.05 bits per heavy atom. The van der Waals surface area contributed by atoms with Crippen LogP contribution in [0, 0.1) is 13.8 Å². The molecule has 0 aliphatic heterocycles. The summed E-state index contributed by atoms with van der Waals surface area (Å²) in [7, 11) is 0. The largest absolute Gasteiger partial charge is 0.297 e. The Morgan fingerprint density at radius 1 is 1.26 bits per heavy atom. The minimum Gasteiger partial charge on any atom is -0.297 e. The van der Waals surface area contributed by atoms with Crippen molar-refractivity contribution in [3.8, 4) is 0 Å². The van der Waals surface area contributed by atoms with Crippen LogP contribution in [0.1, 0.15) is 32.6 Å². The molecule has 0 fully saturated rings. The lowest BCUT2D eigenvalue weighted by Gasteiger charge is -2.10. The molecule has 0 aromatic carbocycles. The molecule has 2 aromatic heterocycles. The van der Waals surface area contributed by atoms with Crippen molar-refractivity contribution in [1.29, 1.82) is 0 Å². The molecular formula is C14H16N2OS2. The first-order valence-corrected chi connectivity index (χ1v) is 7.70. The van der Waals surface area contributed by atoms with Crippen molar-refractivity contribution in [1.82, 2.24) is 10.9 Å². The quantitative estimate of drug-likeness (QED) is 0.843. The summed E-state index contributed by atoms with van der Waals surface area (Å²) in [5, 5.41) is 3.90. The molecule has 0 saturated carbocycles. The number of thiophene rings is 2. The fourth-order valence-corrected chi connectivity index (χ4v) is 3.26. The summed E-state index contributed by atoms with van der Waals surface area (Å²) < 4.78 is 0. The second-order valence-electron chi connectivity index (χ2n) is 4.09. The lowest BCUT2D eigenvalue weighted by atomic mass is 10.2. The summed E-state index contributed by atoms with van der Waals surface area (Å²) in [5.41, 5.74) is 8.42. The smallest absolute Gasteiger partial charge is 0.270 e. The van der Waals surface area contributed by atoms with E-state index in [-0.39, 0.29) is 5.91 Å². The first-order valence-electron chi connectivity index (χ1n) is 5.94. The molecule has 100 valence electrons. The van der Waals surface area contributed by atoms with Crippen LogP contribution in [0.15, 0.2) is 29.0 Å². The summed E-state index contributed by atoms with van der Waals surface area (Å²) in [4.78, 5) is 14.4. The van der Waals surface area contributed by atoms with Crippen LogP contribution in [0.2, 0.25) is 0 Å². The lowest BCUT2D eigenvalue weighted by molar-refractivity contribution is 0.0942. The van der Waals surface area contributed by atoms with E-state index in [1.165, 1.54) is 4.88 Å². The average molecular weight is 292 g/mol. The third-order valence-electron chi connectivity index (χ3n) is 2.92. The zero-order chi connectivity index (χ0) is 13.8. The van der Waals surface area contributed by atoms with Gasteiger partial charge in [0.2, 0.25) is 0 Å². The monoisotopic (exact) mass is 292 g/mol. The fraction of sp³-hybridized carbons (Fsp3) is 0.214. The maximum atomic E-state index is 12.1. The molecule has 5 heteroatoms. The lowest BCUT2D eigenvalue weighted by Crippen LogP contribution is -2.36. The van der Waals surface area contributed by atoms with Gasteiger partial charge in [0.1, 0.15) is 0 Å². The second-order valence-corrected chi connectivity index (χ2v) is 6.12. The number of hydrogen-bond acceptors (Lipinski definition) is 4. The molecule has 2 rings (SSSR count). The molecule has 0 spiro atoms. The van der Waals surface area contributed by atoms with Crippen LogP contribution in [0.5, 0.6) is 0 Å². The van der Waals surface area contributed by atoms with E-state index in [9.17, 15) is 4.79 Å². The van der Waals surface area contributed by atoms with Gasteiger partial charge in [0.15, 0.2) is 0 Å². The highest BCUT2D eigenvalue weighted by Crippen LogP contribution is 2.20. The molecule has 0 aliphatic rings. The molecule has 0 atom stereocenters. The molecule has 0 saturated heterocycles. The van der Waals surface area contributed by atoms with Crippen LogP contribution in [0.4, 0.5) is 0 Å². The van der Waals surface area contributed by atoms with Gasteiger partial charge in [0.25, 0.3) is 5.91 Å². The SMILES string of the molecule is CC=C(NNC(=O)c1csc(C)c1C)c1cccs1. The molecule has 0 unspecified atom stereocenters. The Kier molecular flexibility index (Phi) is 4.39.